The second-order valence-corrected chi connectivity index (χ2v) is 4.98. The molecule has 0 fully saturated rings. The van der Waals surface area contributed by atoms with Crippen molar-refractivity contribution in [3.05, 3.63) is 70.2 Å². The molecule has 0 unspecified atom stereocenters. The van der Waals surface area contributed by atoms with Gasteiger partial charge in [0.05, 0.1) is 11.6 Å². The molecule has 0 saturated heterocycles. The molecule has 0 aromatic heterocycles. The fraction of sp³-hybridized carbons (Fsp3) is 0. The molecule has 0 spiro atoms. The normalized spacial score (nSPS) is 10.2. The van der Waals surface area contributed by atoms with Crippen LogP contribution in [0.15, 0.2) is 59.1 Å². The summed E-state index contributed by atoms with van der Waals surface area (Å²) in [6.45, 7) is 0. The molecule has 0 radical (unpaired) electrons. The maximum atomic E-state index is 11.7. The first-order chi connectivity index (χ1) is 9.67. The van der Waals surface area contributed by atoms with Crippen LogP contribution < -0.4 is 5.32 Å². The smallest absolute Gasteiger partial charge is 0.248 e. The average Bonchev–Trinajstić information content (AvgIpc) is 2.48. The van der Waals surface area contributed by atoms with Crippen molar-refractivity contribution in [3.8, 4) is 6.07 Å². The van der Waals surface area contributed by atoms with Crippen LogP contribution in [0.2, 0.25) is 0 Å². The summed E-state index contributed by atoms with van der Waals surface area (Å²) in [5.41, 5.74) is 2.21. The highest BCUT2D eigenvalue weighted by atomic mass is 79.9. The molecular formula is C16H11BrN2O. The van der Waals surface area contributed by atoms with Crippen molar-refractivity contribution >= 4 is 33.6 Å². The Labute approximate surface area is 125 Å². The summed E-state index contributed by atoms with van der Waals surface area (Å²) in [5.74, 6) is -0.198. The second-order valence-electron chi connectivity index (χ2n) is 4.06. The first-order valence-electron chi connectivity index (χ1n) is 5.92. The fourth-order valence-electron chi connectivity index (χ4n) is 1.56. The van der Waals surface area contributed by atoms with Crippen LogP contribution in [0.4, 0.5) is 5.69 Å². The van der Waals surface area contributed by atoms with E-state index >= 15 is 0 Å². The number of benzene rings is 2. The Morgan fingerprint density at radius 1 is 1.10 bits per heavy atom. The van der Waals surface area contributed by atoms with Crippen molar-refractivity contribution in [2.24, 2.45) is 0 Å². The molecule has 0 atom stereocenters. The molecule has 4 heteroatoms. The van der Waals surface area contributed by atoms with Crippen LogP contribution in [-0.4, -0.2) is 5.91 Å². The average molecular weight is 327 g/mol. The zero-order valence-electron chi connectivity index (χ0n) is 10.5. The number of anilines is 1. The highest BCUT2D eigenvalue weighted by molar-refractivity contribution is 9.10. The number of rotatable bonds is 3. The number of amides is 1. The molecule has 20 heavy (non-hydrogen) atoms. The van der Waals surface area contributed by atoms with Crippen LogP contribution in [-0.2, 0) is 4.79 Å². The minimum atomic E-state index is -0.198. The van der Waals surface area contributed by atoms with Crippen LogP contribution in [0, 0.1) is 11.3 Å². The lowest BCUT2D eigenvalue weighted by Crippen LogP contribution is -2.07. The Kier molecular flexibility index (Phi) is 4.70. The standard InChI is InChI=1S/C16H11BrN2O/c17-14-6-8-15(9-7-14)19-16(20)10-5-12-1-3-13(11-18)4-2-12/h1-10H,(H,19,20)/b10-5+. The van der Waals surface area contributed by atoms with Crippen LogP contribution in [0.3, 0.4) is 0 Å². The third-order valence-electron chi connectivity index (χ3n) is 2.58. The first-order valence-corrected chi connectivity index (χ1v) is 6.71. The SMILES string of the molecule is N#Cc1ccc(/C=C/C(=O)Nc2ccc(Br)cc2)cc1. The number of hydrogen-bond donors (Lipinski definition) is 1. The lowest BCUT2D eigenvalue weighted by atomic mass is 10.1. The van der Waals surface area contributed by atoms with Gasteiger partial charge in [-0.15, -0.1) is 0 Å². The Balaban J connectivity index is 1.98. The second kappa shape index (κ2) is 6.69. The van der Waals surface area contributed by atoms with Crippen molar-refractivity contribution in [2.75, 3.05) is 5.32 Å². The van der Waals surface area contributed by atoms with Gasteiger partial charge in [0.25, 0.3) is 0 Å². The van der Waals surface area contributed by atoms with Crippen molar-refractivity contribution in [1.29, 1.82) is 5.26 Å². The van der Waals surface area contributed by atoms with Gasteiger partial charge in [0.15, 0.2) is 0 Å². The van der Waals surface area contributed by atoms with Gasteiger partial charge in [0.2, 0.25) is 5.91 Å². The van der Waals surface area contributed by atoms with E-state index in [4.69, 9.17) is 5.26 Å². The molecule has 1 amide bonds. The third kappa shape index (κ3) is 4.08. The van der Waals surface area contributed by atoms with E-state index < -0.39 is 0 Å². The van der Waals surface area contributed by atoms with Crippen molar-refractivity contribution in [1.82, 2.24) is 0 Å². The molecule has 98 valence electrons. The monoisotopic (exact) mass is 326 g/mol. The molecule has 0 heterocycles. The van der Waals surface area contributed by atoms with E-state index in [1.165, 1.54) is 6.08 Å². The molecular weight excluding hydrogens is 316 g/mol. The number of nitrogens with one attached hydrogen (secondary N) is 1. The molecule has 0 bridgehead atoms. The summed E-state index contributed by atoms with van der Waals surface area (Å²) >= 11 is 3.34. The zero-order chi connectivity index (χ0) is 14.4. The predicted molar refractivity (Wildman–Crippen MR) is 83.0 cm³/mol. The molecule has 2 aromatic carbocycles. The third-order valence-corrected chi connectivity index (χ3v) is 3.11. The summed E-state index contributed by atoms with van der Waals surface area (Å²) in [4.78, 5) is 11.7. The maximum absolute atomic E-state index is 11.7. The molecule has 0 aliphatic carbocycles. The Morgan fingerprint density at radius 2 is 1.75 bits per heavy atom. The minimum Gasteiger partial charge on any atom is -0.323 e. The van der Waals surface area contributed by atoms with E-state index in [9.17, 15) is 4.79 Å². The zero-order valence-corrected chi connectivity index (χ0v) is 12.1. The van der Waals surface area contributed by atoms with Gasteiger partial charge in [0, 0.05) is 16.2 Å². The van der Waals surface area contributed by atoms with Crippen LogP contribution >= 0.6 is 15.9 Å². The summed E-state index contributed by atoms with van der Waals surface area (Å²) in [5, 5.41) is 11.5. The first kappa shape index (κ1) is 14.0. The number of hydrogen-bond acceptors (Lipinski definition) is 2. The van der Waals surface area contributed by atoms with Gasteiger partial charge in [-0.3, -0.25) is 4.79 Å². The predicted octanol–water partition coefficient (Wildman–Crippen LogP) is 3.97. The van der Waals surface area contributed by atoms with Crippen molar-refractivity contribution < 1.29 is 4.79 Å². The van der Waals surface area contributed by atoms with Crippen LogP contribution in [0.5, 0.6) is 0 Å². The van der Waals surface area contributed by atoms with Crippen LogP contribution in [0.1, 0.15) is 11.1 Å². The van der Waals surface area contributed by atoms with E-state index in [2.05, 4.69) is 21.2 Å². The molecule has 3 nitrogen and oxygen atoms in total. The molecule has 1 N–H and O–H groups in total. The summed E-state index contributed by atoms with van der Waals surface area (Å²) in [7, 11) is 0. The topological polar surface area (TPSA) is 52.9 Å². The summed E-state index contributed by atoms with van der Waals surface area (Å²) in [6, 6.07) is 16.4. The van der Waals surface area contributed by atoms with E-state index in [1.807, 2.05) is 30.3 Å². The van der Waals surface area contributed by atoms with E-state index in [-0.39, 0.29) is 5.91 Å². The minimum absolute atomic E-state index is 0.198. The maximum Gasteiger partial charge on any atom is 0.248 e. The Morgan fingerprint density at radius 3 is 2.35 bits per heavy atom. The number of nitrogens with zero attached hydrogens (tertiary/aromatic N) is 1. The number of halogens is 1. The van der Waals surface area contributed by atoms with Crippen molar-refractivity contribution in [2.45, 2.75) is 0 Å². The van der Waals surface area contributed by atoms with Gasteiger partial charge in [0.1, 0.15) is 0 Å². The number of carbonyl (C=O) groups is 1. The summed E-state index contributed by atoms with van der Waals surface area (Å²) in [6.07, 6.45) is 3.17. The Bertz CT molecular complexity index is 667. The van der Waals surface area contributed by atoms with E-state index in [0.29, 0.717) is 5.56 Å². The molecule has 0 aliphatic rings. The quantitative estimate of drug-likeness (QED) is 0.867. The molecule has 0 aliphatic heterocycles. The molecule has 0 saturated carbocycles. The van der Waals surface area contributed by atoms with E-state index in [0.717, 1.165) is 15.7 Å². The van der Waals surface area contributed by atoms with Gasteiger partial charge in [-0.1, -0.05) is 28.1 Å². The van der Waals surface area contributed by atoms with Gasteiger partial charge in [-0.25, -0.2) is 0 Å². The number of carbonyl (C=O) groups excluding carboxylic acids is 1. The van der Waals surface area contributed by atoms with Gasteiger partial charge in [-0.05, 0) is 48.0 Å². The summed E-state index contributed by atoms with van der Waals surface area (Å²) < 4.78 is 0.962. The number of nitriles is 1. The van der Waals surface area contributed by atoms with Gasteiger partial charge in [-0.2, -0.15) is 5.26 Å². The largest absolute Gasteiger partial charge is 0.323 e. The van der Waals surface area contributed by atoms with Gasteiger partial charge < -0.3 is 5.32 Å². The molecule has 2 aromatic rings. The Hall–Kier alpha value is -2.38. The van der Waals surface area contributed by atoms with Crippen molar-refractivity contribution in [3.63, 3.8) is 0 Å². The highest BCUT2D eigenvalue weighted by Gasteiger charge is 1.97. The fourth-order valence-corrected chi connectivity index (χ4v) is 1.82. The van der Waals surface area contributed by atoms with Gasteiger partial charge >= 0.3 is 0 Å². The van der Waals surface area contributed by atoms with Crippen LogP contribution in [0.25, 0.3) is 6.08 Å². The van der Waals surface area contributed by atoms with E-state index in [1.54, 1.807) is 30.3 Å². The lowest BCUT2D eigenvalue weighted by molar-refractivity contribution is -0.111. The molecule has 2 rings (SSSR count). The highest BCUT2D eigenvalue weighted by Crippen LogP contribution is 2.14. The lowest BCUT2D eigenvalue weighted by Gasteiger charge is -2.01.